The van der Waals surface area contributed by atoms with Crippen LogP contribution in [-0.4, -0.2) is 22.0 Å². The summed E-state index contributed by atoms with van der Waals surface area (Å²) in [5, 5.41) is 1.99. The van der Waals surface area contributed by atoms with Crippen LogP contribution in [0.5, 0.6) is 0 Å². The van der Waals surface area contributed by atoms with E-state index in [1.165, 1.54) is 24.3 Å². The Kier molecular flexibility index (Phi) is 2.96. The maximum Gasteiger partial charge on any atom is 0.00868 e. The minimum absolute atomic E-state index is 0.995. The summed E-state index contributed by atoms with van der Waals surface area (Å²) in [6.07, 6.45) is 2.78. The number of rotatable bonds is 2. The standard InChI is InChI=1S/C10H18S2/c1-3-9-7-5-11-6-8(7)10(4-2)12-9/h7-10H,3-6H2,1-2H3. The van der Waals surface area contributed by atoms with Crippen LogP contribution < -0.4 is 0 Å². The summed E-state index contributed by atoms with van der Waals surface area (Å²) in [4.78, 5) is 0. The van der Waals surface area contributed by atoms with E-state index in [1.54, 1.807) is 0 Å². The lowest BCUT2D eigenvalue weighted by Gasteiger charge is -2.14. The van der Waals surface area contributed by atoms with Crippen LogP contribution in [0.3, 0.4) is 0 Å². The lowest BCUT2D eigenvalue weighted by atomic mass is 9.89. The van der Waals surface area contributed by atoms with Crippen molar-refractivity contribution in [3.63, 3.8) is 0 Å². The van der Waals surface area contributed by atoms with Crippen molar-refractivity contribution in [2.75, 3.05) is 11.5 Å². The second kappa shape index (κ2) is 3.83. The Morgan fingerprint density at radius 1 is 1.00 bits per heavy atom. The third-order valence-electron chi connectivity index (χ3n) is 3.28. The Labute approximate surface area is 84.3 Å². The minimum Gasteiger partial charge on any atom is -0.161 e. The fourth-order valence-corrected chi connectivity index (χ4v) is 6.29. The highest BCUT2D eigenvalue weighted by Gasteiger charge is 2.44. The molecule has 0 saturated carbocycles. The van der Waals surface area contributed by atoms with Crippen LogP contribution in [0.4, 0.5) is 0 Å². The molecule has 2 aliphatic rings. The zero-order chi connectivity index (χ0) is 8.55. The first-order valence-electron chi connectivity index (χ1n) is 5.10. The van der Waals surface area contributed by atoms with Gasteiger partial charge in [0, 0.05) is 10.5 Å². The molecule has 2 heteroatoms. The largest absolute Gasteiger partial charge is 0.161 e. The molecule has 4 atom stereocenters. The van der Waals surface area contributed by atoms with Crippen LogP contribution >= 0.6 is 23.5 Å². The molecule has 2 rings (SSSR count). The highest BCUT2D eigenvalue weighted by molar-refractivity contribution is 8.02. The van der Waals surface area contributed by atoms with Gasteiger partial charge in [0.25, 0.3) is 0 Å². The van der Waals surface area contributed by atoms with Crippen LogP contribution in [-0.2, 0) is 0 Å². The third-order valence-corrected chi connectivity index (χ3v) is 6.59. The molecule has 2 fully saturated rings. The first-order valence-corrected chi connectivity index (χ1v) is 7.19. The maximum absolute atomic E-state index is 2.36. The van der Waals surface area contributed by atoms with E-state index in [-0.39, 0.29) is 0 Å². The number of hydrogen-bond donors (Lipinski definition) is 0. The molecule has 0 aromatic heterocycles. The van der Waals surface area contributed by atoms with Gasteiger partial charge in [-0.3, -0.25) is 0 Å². The molecule has 0 nitrogen and oxygen atoms in total. The molecule has 2 aliphatic heterocycles. The van der Waals surface area contributed by atoms with E-state index in [0.717, 1.165) is 22.3 Å². The molecule has 0 radical (unpaired) electrons. The van der Waals surface area contributed by atoms with Crippen molar-refractivity contribution in [1.82, 2.24) is 0 Å². The average molecular weight is 202 g/mol. The van der Waals surface area contributed by atoms with Crippen molar-refractivity contribution in [1.29, 1.82) is 0 Å². The van der Waals surface area contributed by atoms with Crippen LogP contribution in [0.2, 0.25) is 0 Å². The lowest BCUT2D eigenvalue weighted by Crippen LogP contribution is -2.19. The van der Waals surface area contributed by atoms with Gasteiger partial charge in [-0.15, -0.1) is 0 Å². The summed E-state index contributed by atoms with van der Waals surface area (Å²) in [6.45, 7) is 4.71. The molecule has 2 heterocycles. The van der Waals surface area contributed by atoms with Gasteiger partial charge in [0.2, 0.25) is 0 Å². The molecule has 0 aromatic rings. The van der Waals surface area contributed by atoms with Crippen molar-refractivity contribution < 1.29 is 0 Å². The second-order valence-electron chi connectivity index (χ2n) is 3.89. The molecule has 2 saturated heterocycles. The quantitative estimate of drug-likeness (QED) is 0.674. The Morgan fingerprint density at radius 2 is 1.50 bits per heavy atom. The Bertz CT molecular complexity index is 142. The SMILES string of the molecule is CCC1SC(CC)C2CSCC12. The Hall–Kier alpha value is 0.700. The smallest absolute Gasteiger partial charge is 0.00868 e. The molecule has 0 aliphatic carbocycles. The van der Waals surface area contributed by atoms with Crippen molar-refractivity contribution >= 4 is 23.5 Å². The molecule has 0 amide bonds. The predicted octanol–water partition coefficient (Wildman–Crippen LogP) is 3.27. The zero-order valence-electron chi connectivity index (χ0n) is 7.95. The first kappa shape index (κ1) is 9.26. The summed E-state index contributed by atoms with van der Waals surface area (Å²) in [6, 6.07) is 0. The van der Waals surface area contributed by atoms with Gasteiger partial charge in [-0.2, -0.15) is 23.5 Å². The highest BCUT2D eigenvalue weighted by atomic mass is 32.2. The Morgan fingerprint density at radius 3 is 1.92 bits per heavy atom. The van der Waals surface area contributed by atoms with Crippen LogP contribution in [0, 0.1) is 11.8 Å². The van der Waals surface area contributed by atoms with Crippen LogP contribution in [0.15, 0.2) is 0 Å². The van der Waals surface area contributed by atoms with Gasteiger partial charge in [0.05, 0.1) is 0 Å². The summed E-state index contributed by atoms with van der Waals surface area (Å²) < 4.78 is 0. The van der Waals surface area contributed by atoms with Crippen molar-refractivity contribution in [3.8, 4) is 0 Å². The number of thioether (sulfide) groups is 2. The van der Waals surface area contributed by atoms with Gasteiger partial charge < -0.3 is 0 Å². The van der Waals surface area contributed by atoms with E-state index < -0.39 is 0 Å². The van der Waals surface area contributed by atoms with E-state index >= 15 is 0 Å². The summed E-state index contributed by atoms with van der Waals surface area (Å²) in [5.74, 6) is 5.03. The molecule has 4 unspecified atom stereocenters. The molecular formula is C10H18S2. The molecule has 0 aromatic carbocycles. The van der Waals surface area contributed by atoms with Gasteiger partial charge >= 0.3 is 0 Å². The average Bonchev–Trinajstić information content (AvgIpc) is 2.63. The van der Waals surface area contributed by atoms with Crippen molar-refractivity contribution in [2.24, 2.45) is 11.8 Å². The lowest BCUT2D eigenvalue weighted by molar-refractivity contribution is 0.416. The Balaban J connectivity index is 2.05. The number of hydrogen-bond acceptors (Lipinski definition) is 2. The van der Waals surface area contributed by atoms with Crippen molar-refractivity contribution in [3.05, 3.63) is 0 Å². The summed E-state index contributed by atoms with van der Waals surface area (Å²) in [7, 11) is 0. The van der Waals surface area contributed by atoms with Crippen LogP contribution in [0.25, 0.3) is 0 Å². The summed E-state index contributed by atoms with van der Waals surface area (Å²) in [5.41, 5.74) is 0. The maximum atomic E-state index is 2.36. The molecule has 70 valence electrons. The molecule has 12 heavy (non-hydrogen) atoms. The first-order chi connectivity index (χ1) is 5.86. The van der Waals surface area contributed by atoms with E-state index in [9.17, 15) is 0 Å². The molecular weight excluding hydrogens is 184 g/mol. The van der Waals surface area contributed by atoms with E-state index in [2.05, 4.69) is 37.4 Å². The van der Waals surface area contributed by atoms with E-state index in [0.29, 0.717) is 0 Å². The van der Waals surface area contributed by atoms with Gasteiger partial charge in [0.15, 0.2) is 0 Å². The minimum atomic E-state index is 0.995. The van der Waals surface area contributed by atoms with E-state index in [1.807, 2.05) is 0 Å². The fourth-order valence-electron chi connectivity index (χ4n) is 2.58. The van der Waals surface area contributed by atoms with Crippen LogP contribution in [0.1, 0.15) is 26.7 Å². The molecule has 0 N–H and O–H groups in total. The highest BCUT2D eigenvalue weighted by Crippen LogP contribution is 2.51. The van der Waals surface area contributed by atoms with Gasteiger partial charge in [0.1, 0.15) is 0 Å². The molecule has 0 spiro atoms. The van der Waals surface area contributed by atoms with Gasteiger partial charge in [-0.05, 0) is 36.2 Å². The number of fused-ring (bicyclic) bond motifs is 1. The van der Waals surface area contributed by atoms with Gasteiger partial charge in [-0.1, -0.05) is 13.8 Å². The monoisotopic (exact) mass is 202 g/mol. The second-order valence-corrected chi connectivity index (χ2v) is 6.45. The summed E-state index contributed by atoms with van der Waals surface area (Å²) >= 11 is 4.48. The topological polar surface area (TPSA) is 0 Å². The fraction of sp³-hybridized carbons (Fsp3) is 1.00. The molecule has 0 bridgehead atoms. The zero-order valence-corrected chi connectivity index (χ0v) is 9.59. The predicted molar refractivity (Wildman–Crippen MR) is 60.1 cm³/mol. The van der Waals surface area contributed by atoms with Crippen molar-refractivity contribution in [2.45, 2.75) is 37.2 Å². The third kappa shape index (κ3) is 1.41. The normalized spacial score (nSPS) is 46.5. The van der Waals surface area contributed by atoms with Gasteiger partial charge in [-0.25, -0.2) is 0 Å². The van der Waals surface area contributed by atoms with E-state index in [4.69, 9.17) is 0 Å².